The number of benzene rings is 1. The van der Waals surface area contributed by atoms with Gasteiger partial charge in [0.1, 0.15) is 24.9 Å². The Bertz CT molecular complexity index is 649. The van der Waals surface area contributed by atoms with E-state index in [1.54, 1.807) is 24.3 Å². The van der Waals surface area contributed by atoms with Gasteiger partial charge < -0.3 is 5.11 Å². The van der Waals surface area contributed by atoms with Gasteiger partial charge in [0.05, 0.1) is 6.21 Å². The van der Waals surface area contributed by atoms with Crippen LogP contribution in [0.25, 0.3) is 0 Å². The molecule has 0 bridgehead atoms. The summed E-state index contributed by atoms with van der Waals surface area (Å²) in [5.41, 5.74) is 3.63. The molecule has 1 aromatic heterocycles. The van der Waals surface area contributed by atoms with Crippen LogP contribution in [0.2, 0.25) is 0 Å². The van der Waals surface area contributed by atoms with Crippen molar-refractivity contribution >= 4 is 12.1 Å². The normalized spacial score (nSPS) is 10.7. The molecule has 1 heterocycles. The minimum Gasteiger partial charge on any atom is -0.507 e. The Kier molecular flexibility index (Phi) is 4.81. The van der Waals surface area contributed by atoms with Crippen molar-refractivity contribution < 1.29 is 9.90 Å². The summed E-state index contributed by atoms with van der Waals surface area (Å²) in [6, 6.07) is 5.31. The Labute approximate surface area is 121 Å². The molecular formula is C14H15N5O2. The van der Waals surface area contributed by atoms with E-state index in [1.165, 1.54) is 23.6 Å². The number of hydrazone groups is 1. The quantitative estimate of drug-likeness (QED) is 0.468. The Morgan fingerprint density at radius 3 is 3.10 bits per heavy atom. The van der Waals surface area contributed by atoms with Gasteiger partial charge in [0.2, 0.25) is 0 Å². The van der Waals surface area contributed by atoms with Crippen LogP contribution in [0.3, 0.4) is 0 Å². The number of aromatic hydroxyl groups is 1. The van der Waals surface area contributed by atoms with Crippen molar-refractivity contribution in [1.29, 1.82) is 0 Å². The lowest BCUT2D eigenvalue weighted by molar-refractivity contribution is -0.121. The van der Waals surface area contributed by atoms with E-state index in [4.69, 9.17) is 0 Å². The maximum atomic E-state index is 11.6. The molecule has 7 nitrogen and oxygen atoms in total. The van der Waals surface area contributed by atoms with Gasteiger partial charge in [-0.1, -0.05) is 18.2 Å². The van der Waals surface area contributed by atoms with E-state index in [-0.39, 0.29) is 18.2 Å². The first kappa shape index (κ1) is 14.4. The molecule has 2 rings (SSSR count). The second kappa shape index (κ2) is 6.99. The highest BCUT2D eigenvalue weighted by Crippen LogP contribution is 2.21. The summed E-state index contributed by atoms with van der Waals surface area (Å²) in [5.74, 6) is -0.204. The molecule has 0 unspecified atom stereocenters. The van der Waals surface area contributed by atoms with Crippen LogP contribution in [0.5, 0.6) is 5.75 Å². The number of aromatic nitrogens is 3. The van der Waals surface area contributed by atoms with Gasteiger partial charge in [-0.05, 0) is 18.1 Å². The number of para-hydroxylation sites is 1. The number of hydrogen-bond donors (Lipinski definition) is 2. The van der Waals surface area contributed by atoms with Gasteiger partial charge in [-0.2, -0.15) is 10.2 Å². The second-order valence-electron chi connectivity index (χ2n) is 4.23. The van der Waals surface area contributed by atoms with Crippen LogP contribution in [-0.2, 0) is 17.8 Å². The molecule has 108 valence electrons. The number of carbonyl (C=O) groups excluding carboxylic acids is 1. The van der Waals surface area contributed by atoms with Gasteiger partial charge in [-0.15, -0.1) is 6.58 Å². The van der Waals surface area contributed by atoms with Crippen LogP contribution >= 0.6 is 0 Å². The van der Waals surface area contributed by atoms with E-state index in [2.05, 4.69) is 27.2 Å². The molecule has 21 heavy (non-hydrogen) atoms. The van der Waals surface area contributed by atoms with Crippen LogP contribution in [0.15, 0.2) is 48.6 Å². The Morgan fingerprint density at radius 2 is 2.38 bits per heavy atom. The predicted molar refractivity (Wildman–Crippen MR) is 77.8 cm³/mol. The smallest absolute Gasteiger partial charge is 0.261 e. The van der Waals surface area contributed by atoms with E-state index in [0.29, 0.717) is 12.0 Å². The molecule has 0 fully saturated rings. The highest BCUT2D eigenvalue weighted by molar-refractivity contribution is 5.85. The average molecular weight is 285 g/mol. The standard InChI is InChI=1S/C14H15N5O2/c1-2-4-11-5-3-6-12(14(11)21)7-16-18-13(20)8-19-10-15-9-17-19/h2-3,5-7,9-10,21H,1,4,8H2,(H,18,20)/b16-7-. The summed E-state index contributed by atoms with van der Waals surface area (Å²) in [5, 5.41) is 17.6. The maximum Gasteiger partial charge on any atom is 0.261 e. The number of phenolic OH excluding ortho intramolecular Hbond substituents is 1. The van der Waals surface area contributed by atoms with Gasteiger partial charge >= 0.3 is 0 Å². The van der Waals surface area contributed by atoms with Crippen molar-refractivity contribution in [2.45, 2.75) is 13.0 Å². The molecular weight excluding hydrogens is 270 g/mol. The fourth-order valence-electron chi connectivity index (χ4n) is 1.71. The number of nitrogens with zero attached hydrogens (tertiary/aromatic N) is 4. The van der Waals surface area contributed by atoms with Gasteiger partial charge in [-0.25, -0.2) is 15.1 Å². The fraction of sp³-hybridized carbons (Fsp3) is 0.143. The molecule has 1 amide bonds. The molecule has 2 aromatic rings. The van der Waals surface area contributed by atoms with Crippen molar-refractivity contribution in [3.8, 4) is 5.75 Å². The molecule has 0 aliphatic carbocycles. The highest BCUT2D eigenvalue weighted by atomic mass is 16.3. The summed E-state index contributed by atoms with van der Waals surface area (Å²) in [4.78, 5) is 15.3. The largest absolute Gasteiger partial charge is 0.507 e. The van der Waals surface area contributed by atoms with E-state index < -0.39 is 0 Å². The van der Waals surface area contributed by atoms with Crippen molar-refractivity contribution in [3.05, 3.63) is 54.6 Å². The topological polar surface area (TPSA) is 92.4 Å². The summed E-state index contributed by atoms with van der Waals surface area (Å²) in [6.45, 7) is 3.66. The predicted octanol–water partition coefficient (Wildman–Crippen LogP) is 0.863. The molecule has 0 spiro atoms. The lowest BCUT2D eigenvalue weighted by Crippen LogP contribution is -2.23. The zero-order valence-electron chi connectivity index (χ0n) is 11.3. The van der Waals surface area contributed by atoms with E-state index in [1.807, 2.05) is 0 Å². The third-order valence-corrected chi connectivity index (χ3v) is 2.68. The van der Waals surface area contributed by atoms with E-state index in [0.717, 1.165) is 5.56 Å². The van der Waals surface area contributed by atoms with Crippen molar-refractivity contribution in [3.63, 3.8) is 0 Å². The van der Waals surface area contributed by atoms with Gasteiger partial charge in [0.15, 0.2) is 0 Å². The number of carbonyl (C=O) groups is 1. The minimum absolute atomic E-state index is 0.0276. The number of phenols is 1. The molecule has 0 saturated carbocycles. The second-order valence-corrected chi connectivity index (χ2v) is 4.23. The zero-order chi connectivity index (χ0) is 15.1. The summed E-state index contributed by atoms with van der Waals surface area (Å²) >= 11 is 0. The first-order valence-corrected chi connectivity index (χ1v) is 6.26. The SMILES string of the molecule is C=CCc1cccc(/C=N\NC(=O)Cn2cncn2)c1O. The summed E-state index contributed by atoms with van der Waals surface area (Å²) in [7, 11) is 0. The zero-order valence-corrected chi connectivity index (χ0v) is 11.3. The van der Waals surface area contributed by atoms with Crippen LogP contribution < -0.4 is 5.43 Å². The third-order valence-electron chi connectivity index (χ3n) is 2.68. The first-order valence-electron chi connectivity index (χ1n) is 6.26. The summed E-state index contributed by atoms with van der Waals surface area (Å²) < 4.78 is 1.38. The van der Waals surface area contributed by atoms with Gasteiger partial charge in [-0.3, -0.25) is 4.79 Å². The molecule has 0 aliphatic heterocycles. The molecule has 0 radical (unpaired) electrons. The van der Waals surface area contributed by atoms with Crippen LogP contribution in [0, 0.1) is 0 Å². The molecule has 0 atom stereocenters. The lowest BCUT2D eigenvalue weighted by Gasteiger charge is -2.04. The van der Waals surface area contributed by atoms with Crippen molar-refractivity contribution in [2.24, 2.45) is 5.10 Å². The van der Waals surface area contributed by atoms with E-state index >= 15 is 0 Å². The van der Waals surface area contributed by atoms with E-state index in [9.17, 15) is 9.90 Å². The van der Waals surface area contributed by atoms with Gasteiger partial charge in [0.25, 0.3) is 5.91 Å². The van der Waals surface area contributed by atoms with Crippen LogP contribution in [0.1, 0.15) is 11.1 Å². The highest BCUT2D eigenvalue weighted by Gasteiger charge is 2.04. The maximum absolute atomic E-state index is 11.6. The molecule has 1 aromatic carbocycles. The lowest BCUT2D eigenvalue weighted by atomic mass is 10.1. The Morgan fingerprint density at radius 1 is 1.52 bits per heavy atom. The monoisotopic (exact) mass is 285 g/mol. The van der Waals surface area contributed by atoms with Crippen molar-refractivity contribution in [2.75, 3.05) is 0 Å². The van der Waals surface area contributed by atoms with Gasteiger partial charge in [0, 0.05) is 5.56 Å². The Balaban J connectivity index is 1.96. The number of nitrogens with one attached hydrogen (secondary N) is 1. The number of hydrogen-bond acceptors (Lipinski definition) is 5. The number of allylic oxidation sites excluding steroid dienone is 1. The first-order chi connectivity index (χ1) is 10.2. The Hall–Kier alpha value is -2.96. The third kappa shape index (κ3) is 4.00. The average Bonchev–Trinajstić information content (AvgIpc) is 2.96. The summed E-state index contributed by atoms with van der Waals surface area (Å²) in [6.07, 6.45) is 6.44. The molecule has 0 aliphatic rings. The minimum atomic E-state index is -0.335. The van der Waals surface area contributed by atoms with Crippen molar-refractivity contribution in [1.82, 2.24) is 20.2 Å². The molecule has 0 saturated heterocycles. The molecule has 7 heteroatoms. The van der Waals surface area contributed by atoms with Crippen LogP contribution in [0.4, 0.5) is 0 Å². The van der Waals surface area contributed by atoms with Crippen LogP contribution in [-0.4, -0.2) is 32.0 Å². The number of rotatable bonds is 6. The molecule has 2 N–H and O–H groups in total. The number of amides is 1. The fourth-order valence-corrected chi connectivity index (χ4v) is 1.71.